The number of nitrogens with one attached hydrogen (secondary N) is 1. The van der Waals surface area contributed by atoms with E-state index in [0.29, 0.717) is 24.9 Å². The molecule has 0 bridgehead atoms. The van der Waals surface area contributed by atoms with E-state index in [1.54, 1.807) is 0 Å². The summed E-state index contributed by atoms with van der Waals surface area (Å²) >= 11 is 0. The Bertz CT molecular complexity index is 624. The number of piperidine rings is 1. The van der Waals surface area contributed by atoms with E-state index in [1.807, 2.05) is 0 Å². The molecule has 0 saturated carbocycles. The van der Waals surface area contributed by atoms with E-state index in [-0.39, 0.29) is 19.0 Å². The van der Waals surface area contributed by atoms with Gasteiger partial charge in [-0.05, 0) is 18.9 Å². The summed E-state index contributed by atoms with van der Waals surface area (Å²) in [7, 11) is 0. The van der Waals surface area contributed by atoms with Crippen LogP contribution in [0.2, 0.25) is 0 Å². The van der Waals surface area contributed by atoms with Gasteiger partial charge in [0.2, 0.25) is 5.88 Å². The predicted octanol–water partition coefficient (Wildman–Crippen LogP) is 2.03. The van der Waals surface area contributed by atoms with Crippen molar-refractivity contribution < 1.29 is 32.6 Å². The Morgan fingerprint density at radius 3 is 2.88 bits per heavy atom. The molecule has 1 fully saturated rings. The number of hydrogen-bond donors (Lipinski definition) is 2. The molecule has 25 heavy (non-hydrogen) atoms. The molecule has 1 aromatic rings. The third-order valence-electron chi connectivity index (χ3n) is 3.71. The lowest BCUT2D eigenvalue weighted by Gasteiger charge is -2.30. The van der Waals surface area contributed by atoms with Crippen LogP contribution in [0.5, 0.6) is 5.88 Å². The van der Waals surface area contributed by atoms with E-state index in [0.717, 1.165) is 0 Å². The number of pyridine rings is 1. The first-order chi connectivity index (χ1) is 11.8. The fraction of sp³-hybridized carbons (Fsp3) is 0.533. The summed E-state index contributed by atoms with van der Waals surface area (Å²) in [5, 5.41) is 11.6. The predicted molar refractivity (Wildman–Crippen MR) is 80.0 cm³/mol. The number of alkyl halides is 3. The second kappa shape index (κ2) is 8.04. The van der Waals surface area contributed by atoms with Crippen molar-refractivity contribution in [1.82, 2.24) is 15.2 Å². The van der Waals surface area contributed by atoms with E-state index >= 15 is 0 Å². The molecule has 2 heterocycles. The van der Waals surface area contributed by atoms with Crippen LogP contribution in [-0.2, 0) is 11.3 Å². The number of aliphatic carboxylic acids is 1. The largest absolute Gasteiger partial charge is 0.481 e. The van der Waals surface area contributed by atoms with Gasteiger partial charge in [-0.3, -0.25) is 4.79 Å². The summed E-state index contributed by atoms with van der Waals surface area (Å²) in [6, 6.07) is 2.54. The third-order valence-corrected chi connectivity index (χ3v) is 3.71. The van der Waals surface area contributed by atoms with Gasteiger partial charge in [-0.2, -0.15) is 13.2 Å². The summed E-state index contributed by atoms with van der Waals surface area (Å²) in [5.74, 6) is -1.77. The zero-order valence-corrected chi connectivity index (χ0v) is 13.3. The van der Waals surface area contributed by atoms with Gasteiger partial charge in [-0.25, -0.2) is 9.78 Å². The minimum absolute atomic E-state index is 0.0753. The van der Waals surface area contributed by atoms with E-state index < -0.39 is 30.7 Å². The quantitative estimate of drug-likeness (QED) is 0.837. The van der Waals surface area contributed by atoms with Gasteiger partial charge in [0.15, 0.2) is 6.61 Å². The molecule has 2 rings (SSSR count). The maximum absolute atomic E-state index is 12.3. The van der Waals surface area contributed by atoms with E-state index in [9.17, 15) is 22.8 Å². The molecule has 7 nitrogen and oxygen atoms in total. The second-order valence-corrected chi connectivity index (χ2v) is 5.65. The Hall–Kier alpha value is -2.52. The molecular weight excluding hydrogens is 343 g/mol. The van der Waals surface area contributed by atoms with Crippen molar-refractivity contribution in [3.63, 3.8) is 0 Å². The van der Waals surface area contributed by atoms with Crippen molar-refractivity contribution in [2.75, 3.05) is 19.7 Å². The van der Waals surface area contributed by atoms with Crippen molar-refractivity contribution in [1.29, 1.82) is 0 Å². The first-order valence-corrected chi connectivity index (χ1v) is 7.65. The average Bonchev–Trinajstić information content (AvgIpc) is 2.58. The zero-order valence-electron chi connectivity index (χ0n) is 13.3. The van der Waals surface area contributed by atoms with E-state index in [1.165, 1.54) is 23.2 Å². The average molecular weight is 361 g/mol. The number of ether oxygens (including phenoxy) is 1. The number of aromatic nitrogens is 1. The minimum Gasteiger partial charge on any atom is -0.481 e. The molecule has 0 spiro atoms. The van der Waals surface area contributed by atoms with Gasteiger partial charge in [-0.1, -0.05) is 6.07 Å². The number of nitrogens with zero attached hydrogens (tertiary/aromatic N) is 2. The number of halogens is 3. The Morgan fingerprint density at radius 1 is 1.44 bits per heavy atom. The van der Waals surface area contributed by atoms with E-state index in [2.05, 4.69) is 15.0 Å². The zero-order chi connectivity index (χ0) is 18.4. The van der Waals surface area contributed by atoms with Gasteiger partial charge in [0.1, 0.15) is 0 Å². The van der Waals surface area contributed by atoms with Gasteiger partial charge in [0.25, 0.3) is 0 Å². The third kappa shape index (κ3) is 5.80. The van der Waals surface area contributed by atoms with Crippen LogP contribution >= 0.6 is 0 Å². The number of carbonyl (C=O) groups excluding carboxylic acids is 1. The van der Waals surface area contributed by atoms with Gasteiger partial charge in [0, 0.05) is 31.4 Å². The smallest absolute Gasteiger partial charge is 0.422 e. The lowest BCUT2D eigenvalue weighted by Crippen LogP contribution is -2.46. The number of urea groups is 1. The second-order valence-electron chi connectivity index (χ2n) is 5.65. The molecule has 1 atom stereocenters. The summed E-state index contributed by atoms with van der Waals surface area (Å²) in [4.78, 5) is 28.3. The number of rotatable bonds is 5. The fourth-order valence-electron chi connectivity index (χ4n) is 2.48. The summed E-state index contributed by atoms with van der Waals surface area (Å²) in [5.41, 5.74) is 0.298. The number of hydrogen-bond acceptors (Lipinski definition) is 4. The van der Waals surface area contributed by atoms with Crippen LogP contribution in [0.15, 0.2) is 18.3 Å². The van der Waals surface area contributed by atoms with Gasteiger partial charge in [0.05, 0.1) is 5.92 Å². The SMILES string of the molecule is O=C(O)C1CCCN(C(=O)NCc2cccnc2OCC(F)(F)F)C1. The lowest BCUT2D eigenvalue weighted by molar-refractivity contribution is -0.154. The van der Waals surface area contributed by atoms with Crippen LogP contribution in [0, 0.1) is 5.92 Å². The monoisotopic (exact) mass is 361 g/mol. The molecule has 2 amide bonds. The fourth-order valence-corrected chi connectivity index (χ4v) is 2.48. The van der Waals surface area contributed by atoms with Gasteiger partial charge >= 0.3 is 18.2 Å². The van der Waals surface area contributed by atoms with Crippen molar-refractivity contribution in [3.05, 3.63) is 23.9 Å². The Labute approximate surface area is 141 Å². The van der Waals surface area contributed by atoms with Gasteiger partial charge in [-0.15, -0.1) is 0 Å². The molecule has 0 radical (unpaired) electrons. The summed E-state index contributed by atoms with van der Waals surface area (Å²) < 4.78 is 41.4. The first-order valence-electron chi connectivity index (χ1n) is 7.65. The molecule has 1 aliphatic heterocycles. The van der Waals surface area contributed by atoms with Crippen LogP contribution in [0.1, 0.15) is 18.4 Å². The number of carbonyl (C=O) groups is 2. The molecule has 1 aliphatic rings. The van der Waals surface area contributed by atoms with E-state index in [4.69, 9.17) is 5.11 Å². The lowest BCUT2D eigenvalue weighted by atomic mass is 9.99. The van der Waals surface area contributed by atoms with Crippen LogP contribution in [0.4, 0.5) is 18.0 Å². The normalized spacial score (nSPS) is 17.9. The molecule has 1 aromatic heterocycles. The van der Waals surface area contributed by atoms with Crippen molar-refractivity contribution in [3.8, 4) is 5.88 Å². The highest BCUT2D eigenvalue weighted by Gasteiger charge is 2.30. The Balaban J connectivity index is 1.92. The first kappa shape index (κ1) is 18.8. The van der Waals surface area contributed by atoms with Crippen LogP contribution in [0.25, 0.3) is 0 Å². The highest BCUT2D eigenvalue weighted by atomic mass is 19.4. The Kier molecular flexibility index (Phi) is 6.05. The molecule has 10 heteroatoms. The van der Waals surface area contributed by atoms with Gasteiger partial charge < -0.3 is 20.1 Å². The molecular formula is C15H18F3N3O4. The molecule has 0 aliphatic carbocycles. The number of likely N-dealkylation sites (tertiary alicyclic amines) is 1. The highest BCUT2D eigenvalue weighted by molar-refractivity contribution is 5.76. The summed E-state index contributed by atoms with van der Waals surface area (Å²) in [6.07, 6.45) is -2.11. The number of amides is 2. The van der Waals surface area contributed by atoms with Crippen LogP contribution in [0.3, 0.4) is 0 Å². The van der Waals surface area contributed by atoms with Crippen molar-refractivity contribution in [2.24, 2.45) is 5.92 Å². The van der Waals surface area contributed by atoms with Crippen molar-refractivity contribution >= 4 is 12.0 Å². The van der Waals surface area contributed by atoms with Crippen LogP contribution in [-0.4, -0.2) is 52.9 Å². The molecule has 1 saturated heterocycles. The standard InChI is InChI=1S/C15H18F3N3O4/c16-15(17,18)9-25-12-10(3-1-5-19-12)7-20-14(24)21-6-2-4-11(8-21)13(22)23/h1,3,5,11H,2,4,6-9H2,(H,20,24)(H,22,23). The minimum atomic E-state index is -4.49. The molecule has 2 N–H and O–H groups in total. The number of carboxylic acids is 1. The maximum atomic E-state index is 12.3. The molecule has 0 aromatic carbocycles. The maximum Gasteiger partial charge on any atom is 0.422 e. The molecule has 1 unspecified atom stereocenters. The number of carboxylic acid groups (broad SMARTS) is 1. The summed E-state index contributed by atoms with van der Waals surface area (Å²) in [6.45, 7) is -1.02. The molecule has 138 valence electrons. The highest BCUT2D eigenvalue weighted by Crippen LogP contribution is 2.20. The topological polar surface area (TPSA) is 91.8 Å². The van der Waals surface area contributed by atoms with Crippen LogP contribution < -0.4 is 10.1 Å². The van der Waals surface area contributed by atoms with Crippen molar-refractivity contribution in [2.45, 2.75) is 25.6 Å². The Morgan fingerprint density at radius 2 is 2.20 bits per heavy atom.